The summed E-state index contributed by atoms with van der Waals surface area (Å²) in [7, 11) is 0. The van der Waals surface area contributed by atoms with Gasteiger partial charge in [-0.15, -0.1) is 0 Å². The highest BCUT2D eigenvalue weighted by molar-refractivity contribution is 5.71. The molecule has 9 atom stereocenters. The summed E-state index contributed by atoms with van der Waals surface area (Å²) in [5.74, 6) is -1.06. The van der Waals surface area contributed by atoms with Crippen LogP contribution in [-0.2, 0) is 14.3 Å². The number of carboxylic acids is 1. The molecule has 0 aromatic carbocycles. The lowest BCUT2D eigenvalue weighted by molar-refractivity contribution is -0.167. The normalized spacial score (nSPS) is 41.4. The van der Waals surface area contributed by atoms with E-state index in [4.69, 9.17) is 4.74 Å². The van der Waals surface area contributed by atoms with Gasteiger partial charge in [-0.05, 0) is 92.8 Å². The molecule has 4 rings (SSSR count). The Morgan fingerprint density at radius 3 is 2.26 bits per heavy atom. The second-order valence-electron chi connectivity index (χ2n) is 14.7. The van der Waals surface area contributed by atoms with Gasteiger partial charge in [0, 0.05) is 18.3 Å². The lowest BCUT2D eigenvalue weighted by Gasteiger charge is -2.62. The maximum absolute atomic E-state index is 12.7. The van der Waals surface area contributed by atoms with Crippen molar-refractivity contribution < 1.29 is 24.5 Å². The molecule has 4 aliphatic carbocycles. The molecule has 0 radical (unpaired) electrons. The molecule has 38 heavy (non-hydrogen) atoms. The van der Waals surface area contributed by atoms with E-state index >= 15 is 0 Å². The number of esters is 1. The molecular formula is C33H52O5. The summed E-state index contributed by atoms with van der Waals surface area (Å²) in [4.78, 5) is 24.5. The fraction of sp³-hybridized carbons (Fsp3) is 0.818. The van der Waals surface area contributed by atoms with Gasteiger partial charge in [-0.3, -0.25) is 9.59 Å². The first-order valence-corrected chi connectivity index (χ1v) is 15.0. The van der Waals surface area contributed by atoms with Crippen LogP contribution in [0.2, 0.25) is 0 Å². The predicted molar refractivity (Wildman–Crippen MR) is 150 cm³/mol. The van der Waals surface area contributed by atoms with E-state index in [2.05, 4.69) is 48.1 Å². The third-order valence-corrected chi connectivity index (χ3v) is 12.6. The van der Waals surface area contributed by atoms with Crippen molar-refractivity contribution in [2.45, 2.75) is 125 Å². The average molecular weight is 529 g/mol. The van der Waals surface area contributed by atoms with Gasteiger partial charge in [-0.1, -0.05) is 64.8 Å². The second kappa shape index (κ2) is 9.78. The average Bonchev–Trinajstić information content (AvgIpc) is 3.01. The summed E-state index contributed by atoms with van der Waals surface area (Å²) in [6.07, 6.45) is 7.15. The molecule has 2 N–H and O–H groups in total. The summed E-state index contributed by atoms with van der Waals surface area (Å²) in [6, 6.07) is 0. The van der Waals surface area contributed by atoms with Crippen LogP contribution in [0.1, 0.15) is 113 Å². The Balaban J connectivity index is 1.69. The minimum Gasteiger partial charge on any atom is -0.481 e. The van der Waals surface area contributed by atoms with Crippen LogP contribution in [0.4, 0.5) is 0 Å². The number of aliphatic hydroxyl groups is 1. The third kappa shape index (κ3) is 4.30. The van der Waals surface area contributed by atoms with Gasteiger partial charge in [0.2, 0.25) is 0 Å². The topological polar surface area (TPSA) is 83.8 Å². The van der Waals surface area contributed by atoms with Crippen LogP contribution in [0, 0.1) is 45.3 Å². The molecule has 5 heteroatoms. The minimum absolute atomic E-state index is 0.0459. The van der Waals surface area contributed by atoms with Gasteiger partial charge in [-0.25, -0.2) is 0 Å². The molecule has 0 bridgehead atoms. The number of fused-ring (bicyclic) bond motifs is 4. The van der Waals surface area contributed by atoms with Crippen molar-refractivity contribution in [1.29, 1.82) is 0 Å². The van der Waals surface area contributed by atoms with E-state index in [-0.39, 0.29) is 45.6 Å². The summed E-state index contributed by atoms with van der Waals surface area (Å²) >= 11 is 0. The Hall–Kier alpha value is -1.62. The lowest BCUT2D eigenvalue weighted by atomic mass is 9.43. The number of hydrogen-bond donors (Lipinski definition) is 2. The zero-order valence-corrected chi connectivity index (χ0v) is 25.2. The monoisotopic (exact) mass is 528 g/mol. The highest BCUT2D eigenvalue weighted by atomic mass is 16.5. The van der Waals surface area contributed by atoms with Crippen molar-refractivity contribution in [3.05, 3.63) is 23.3 Å². The van der Waals surface area contributed by atoms with Crippen LogP contribution in [0.25, 0.3) is 0 Å². The first kappa shape index (κ1) is 29.4. The quantitative estimate of drug-likeness (QED) is 0.267. The molecule has 0 spiro atoms. The van der Waals surface area contributed by atoms with Crippen LogP contribution >= 0.6 is 0 Å². The van der Waals surface area contributed by atoms with Crippen molar-refractivity contribution in [1.82, 2.24) is 0 Å². The summed E-state index contributed by atoms with van der Waals surface area (Å²) in [5.41, 5.74) is 3.64. The van der Waals surface area contributed by atoms with E-state index in [1.807, 2.05) is 6.92 Å². The van der Waals surface area contributed by atoms with E-state index in [1.54, 1.807) is 5.57 Å². The lowest BCUT2D eigenvalue weighted by Crippen LogP contribution is -2.56. The molecule has 214 valence electrons. The van der Waals surface area contributed by atoms with Crippen molar-refractivity contribution in [3.63, 3.8) is 0 Å². The van der Waals surface area contributed by atoms with Crippen molar-refractivity contribution in [3.8, 4) is 0 Å². The van der Waals surface area contributed by atoms with Gasteiger partial charge in [0.05, 0.1) is 12.0 Å². The minimum atomic E-state index is -0.769. The van der Waals surface area contributed by atoms with E-state index in [9.17, 15) is 19.8 Å². The van der Waals surface area contributed by atoms with Crippen molar-refractivity contribution in [2.24, 2.45) is 45.3 Å². The number of aliphatic hydroxyl groups excluding tert-OH is 1. The van der Waals surface area contributed by atoms with Gasteiger partial charge >= 0.3 is 11.9 Å². The summed E-state index contributed by atoms with van der Waals surface area (Å²) in [5, 5.41) is 22.0. The van der Waals surface area contributed by atoms with Crippen molar-refractivity contribution in [2.75, 3.05) is 0 Å². The highest BCUT2D eigenvalue weighted by Crippen LogP contribution is 2.72. The molecule has 0 heterocycles. The summed E-state index contributed by atoms with van der Waals surface area (Å²) in [6.45, 7) is 21.3. The highest BCUT2D eigenvalue weighted by Gasteiger charge is 2.66. The number of allylic oxidation sites excluding steroid dienone is 3. The van der Waals surface area contributed by atoms with Gasteiger partial charge in [-0.2, -0.15) is 0 Å². The zero-order valence-electron chi connectivity index (χ0n) is 25.2. The Bertz CT molecular complexity index is 1020. The number of carbonyl (C=O) groups is 2. The Kier molecular flexibility index (Phi) is 7.56. The maximum Gasteiger partial charge on any atom is 0.306 e. The standard InChI is InChI=1S/C33H52O5/c1-19(2)20(3)10-11-22(29(36)37)28-25(35)18-33(9)24-12-13-26-30(5,6)27(38-21(4)34)15-16-31(26,7)23(24)14-17-32(28,33)8/h20,22,25-28,35H,1,10-18H2,2-9H3,(H,36,37)/t20?,22-,25-,26+,27-,28+,31-,32-,33+/m1/s1. The van der Waals surface area contributed by atoms with Gasteiger partial charge in [0.15, 0.2) is 0 Å². The number of hydrogen-bond acceptors (Lipinski definition) is 4. The largest absolute Gasteiger partial charge is 0.481 e. The molecule has 0 aromatic heterocycles. The number of ether oxygens (including phenoxy) is 1. The zero-order chi connectivity index (χ0) is 28.4. The number of carbonyl (C=O) groups excluding carboxylic acids is 1. The molecular weight excluding hydrogens is 476 g/mol. The van der Waals surface area contributed by atoms with Crippen LogP contribution in [0.3, 0.4) is 0 Å². The predicted octanol–water partition coefficient (Wildman–Crippen LogP) is 7.33. The molecule has 1 unspecified atom stereocenters. The summed E-state index contributed by atoms with van der Waals surface area (Å²) < 4.78 is 5.82. The van der Waals surface area contributed by atoms with Gasteiger partial charge < -0.3 is 14.9 Å². The smallest absolute Gasteiger partial charge is 0.306 e. The second-order valence-corrected chi connectivity index (χ2v) is 14.7. The number of rotatable bonds is 7. The van der Waals surface area contributed by atoms with E-state index < -0.39 is 18.0 Å². The molecule has 4 aliphatic rings. The van der Waals surface area contributed by atoms with Crippen LogP contribution < -0.4 is 0 Å². The maximum atomic E-state index is 12.7. The molecule has 0 aliphatic heterocycles. The number of carboxylic acid groups (broad SMARTS) is 1. The Morgan fingerprint density at radius 1 is 1.03 bits per heavy atom. The van der Waals surface area contributed by atoms with Gasteiger partial charge in [0.25, 0.3) is 0 Å². The molecule has 5 nitrogen and oxygen atoms in total. The molecule has 2 saturated carbocycles. The van der Waals surface area contributed by atoms with Crippen LogP contribution in [0.15, 0.2) is 23.3 Å². The molecule has 0 amide bonds. The molecule has 2 fully saturated rings. The Labute approximate surface area is 230 Å². The fourth-order valence-corrected chi connectivity index (χ4v) is 10.0. The SMILES string of the molecule is C=C(C)C(C)CC[C@@H](C(=O)O)[C@H]1[C@H](O)C[C@@]2(C)C3=C(CC[C@]12C)[C@@]1(C)CC[C@@H](OC(C)=O)C(C)(C)[C@@H]1CC3. The van der Waals surface area contributed by atoms with Crippen LogP contribution in [0.5, 0.6) is 0 Å². The van der Waals surface area contributed by atoms with Crippen LogP contribution in [-0.4, -0.2) is 34.4 Å². The van der Waals surface area contributed by atoms with E-state index in [0.29, 0.717) is 18.8 Å². The van der Waals surface area contributed by atoms with Crippen molar-refractivity contribution >= 4 is 11.9 Å². The first-order valence-electron chi connectivity index (χ1n) is 15.0. The van der Waals surface area contributed by atoms with E-state index in [1.165, 1.54) is 12.5 Å². The fourth-order valence-electron chi connectivity index (χ4n) is 10.0. The first-order chi connectivity index (χ1) is 17.5. The van der Waals surface area contributed by atoms with Gasteiger partial charge in [0.1, 0.15) is 6.10 Å². The molecule has 0 saturated heterocycles. The third-order valence-electron chi connectivity index (χ3n) is 12.6. The van der Waals surface area contributed by atoms with E-state index in [0.717, 1.165) is 50.5 Å². The number of aliphatic carboxylic acids is 1. The Morgan fingerprint density at radius 2 is 1.68 bits per heavy atom. The molecule has 0 aromatic rings.